The maximum atomic E-state index is 12.6. The van der Waals surface area contributed by atoms with Gasteiger partial charge in [-0.05, 0) is 17.2 Å². The van der Waals surface area contributed by atoms with Gasteiger partial charge in [0.05, 0.1) is 25.4 Å². The van der Waals surface area contributed by atoms with Gasteiger partial charge < -0.3 is 24.6 Å². The van der Waals surface area contributed by atoms with Crippen molar-refractivity contribution in [2.45, 2.75) is 25.1 Å². The van der Waals surface area contributed by atoms with Crippen molar-refractivity contribution < 1.29 is 14.6 Å². The molecule has 0 radical (unpaired) electrons. The van der Waals surface area contributed by atoms with Crippen molar-refractivity contribution in [2.24, 2.45) is 7.05 Å². The van der Waals surface area contributed by atoms with Crippen LogP contribution in [0.15, 0.2) is 48.8 Å². The molecule has 2 atom stereocenters. The number of ether oxygens (including phenoxy) is 1. The molecule has 1 aromatic heterocycles. The minimum absolute atomic E-state index is 0.114. The van der Waals surface area contributed by atoms with Gasteiger partial charge in [-0.15, -0.1) is 0 Å². The van der Waals surface area contributed by atoms with Crippen LogP contribution in [0.5, 0.6) is 0 Å². The molecule has 134 valence electrons. The number of nitrogens with one attached hydrogen (secondary N) is 1. The molecule has 0 unspecified atom stereocenters. The van der Waals surface area contributed by atoms with Gasteiger partial charge in [0, 0.05) is 39.0 Å². The van der Waals surface area contributed by atoms with Crippen LogP contribution in [0.2, 0.25) is 0 Å². The lowest BCUT2D eigenvalue weighted by molar-refractivity contribution is -0.00698. The van der Waals surface area contributed by atoms with Gasteiger partial charge in [-0.1, -0.05) is 30.3 Å². The Labute approximate surface area is 148 Å². The molecule has 2 amide bonds. The first-order chi connectivity index (χ1) is 12.1. The zero-order chi connectivity index (χ0) is 17.6. The molecule has 1 aliphatic rings. The first-order valence-corrected chi connectivity index (χ1v) is 8.59. The van der Waals surface area contributed by atoms with Crippen LogP contribution in [0, 0.1) is 0 Å². The second-order valence-electron chi connectivity index (χ2n) is 6.43. The van der Waals surface area contributed by atoms with Gasteiger partial charge in [0.15, 0.2) is 0 Å². The lowest BCUT2D eigenvalue weighted by Crippen LogP contribution is -2.52. The van der Waals surface area contributed by atoms with Crippen LogP contribution in [0.4, 0.5) is 4.79 Å². The molecule has 25 heavy (non-hydrogen) atoms. The summed E-state index contributed by atoms with van der Waals surface area (Å²) in [4.78, 5) is 14.4. The molecule has 3 rings (SSSR count). The van der Waals surface area contributed by atoms with Gasteiger partial charge >= 0.3 is 6.03 Å². The summed E-state index contributed by atoms with van der Waals surface area (Å²) >= 11 is 0. The Morgan fingerprint density at radius 3 is 2.88 bits per heavy atom. The number of aliphatic hydroxyl groups excluding tert-OH is 1. The third-order valence-electron chi connectivity index (χ3n) is 4.51. The van der Waals surface area contributed by atoms with E-state index >= 15 is 0 Å². The molecule has 0 spiro atoms. The van der Waals surface area contributed by atoms with Gasteiger partial charge in [-0.25, -0.2) is 4.79 Å². The number of nitrogens with zero attached hydrogens (tertiary/aromatic N) is 2. The Morgan fingerprint density at radius 1 is 1.36 bits per heavy atom. The van der Waals surface area contributed by atoms with Gasteiger partial charge in [0.25, 0.3) is 0 Å². The van der Waals surface area contributed by atoms with E-state index in [9.17, 15) is 9.90 Å². The summed E-state index contributed by atoms with van der Waals surface area (Å²) in [6, 6.07) is 11.2. The summed E-state index contributed by atoms with van der Waals surface area (Å²) < 4.78 is 7.48. The van der Waals surface area contributed by atoms with Crippen molar-refractivity contribution in [3.8, 4) is 0 Å². The molecule has 6 nitrogen and oxygen atoms in total. The maximum Gasteiger partial charge on any atom is 0.318 e. The fraction of sp³-hybridized carbons (Fsp3) is 0.421. The number of amides is 2. The first-order valence-electron chi connectivity index (χ1n) is 8.59. The van der Waals surface area contributed by atoms with Crippen LogP contribution in [0.25, 0.3) is 0 Å². The van der Waals surface area contributed by atoms with Crippen molar-refractivity contribution >= 4 is 6.03 Å². The molecule has 2 aromatic rings. The SMILES string of the molecule is Cn1ccc(CNC(=O)N2CCOC[C@@H]2C[C@@H](O)c2ccccc2)c1. The van der Waals surface area contributed by atoms with Crippen LogP contribution in [-0.2, 0) is 18.3 Å². The summed E-state index contributed by atoms with van der Waals surface area (Å²) in [5.41, 5.74) is 1.92. The third-order valence-corrected chi connectivity index (χ3v) is 4.51. The molecule has 1 fully saturated rings. The van der Waals surface area contributed by atoms with Gasteiger partial charge in [-0.2, -0.15) is 0 Å². The van der Waals surface area contributed by atoms with Crippen molar-refractivity contribution in [1.29, 1.82) is 0 Å². The van der Waals surface area contributed by atoms with Gasteiger partial charge in [0.2, 0.25) is 0 Å². The average molecular weight is 343 g/mol. The number of aromatic nitrogens is 1. The molecule has 2 N–H and O–H groups in total. The first kappa shape index (κ1) is 17.5. The largest absolute Gasteiger partial charge is 0.388 e. The average Bonchev–Trinajstić information content (AvgIpc) is 3.06. The van der Waals surface area contributed by atoms with Gasteiger partial charge in [0.1, 0.15) is 0 Å². The lowest BCUT2D eigenvalue weighted by atomic mass is 10.0. The van der Waals surface area contributed by atoms with Crippen LogP contribution in [-0.4, -0.2) is 46.4 Å². The van der Waals surface area contributed by atoms with E-state index in [1.54, 1.807) is 4.90 Å². The Kier molecular flexibility index (Phi) is 5.73. The fourth-order valence-electron chi connectivity index (χ4n) is 3.13. The molecular weight excluding hydrogens is 318 g/mol. The summed E-state index contributed by atoms with van der Waals surface area (Å²) in [6.07, 6.45) is 3.78. The molecule has 6 heteroatoms. The highest BCUT2D eigenvalue weighted by molar-refractivity contribution is 5.74. The second-order valence-corrected chi connectivity index (χ2v) is 6.43. The molecular formula is C19H25N3O3. The molecule has 0 bridgehead atoms. The number of rotatable bonds is 5. The van der Waals surface area contributed by atoms with Crippen LogP contribution in [0.1, 0.15) is 23.7 Å². The maximum absolute atomic E-state index is 12.6. The molecule has 1 saturated heterocycles. The van der Waals surface area contributed by atoms with Gasteiger partial charge in [-0.3, -0.25) is 0 Å². The lowest BCUT2D eigenvalue weighted by Gasteiger charge is -2.36. The van der Waals surface area contributed by atoms with Crippen molar-refractivity contribution in [1.82, 2.24) is 14.8 Å². The number of aryl methyl sites for hydroxylation is 1. The normalized spacial score (nSPS) is 18.8. The Bertz CT molecular complexity index is 686. The predicted molar refractivity (Wildman–Crippen MR) is 95.0 cm³/mol. The van der Waals surface area contributed by atoms with Crippen molar-refractivity contribution in [2.75, 3.05) is 19.8 Å². The van der Waals surface area contributed by atoms with E-state index in [0.29, 0.717) is 32.7 Å². The number of morpholine rings is 1. The van der Waals surface area contributed by atoms with E-state index < -0.39 is 6.10 Å². The van der Waals surface area contributed by atoms with Crippen LogP contribution in [0.3, 0.4) is 0 Å². The number of urea groups is 1. The van der Waals surface area contributed by atoms with E-state index in [2.05, 4.69) is 5.32 Å². The number of aliphatic hydroxyl groups is 1. The summed E-state index contributed by atoms with van der Waals surface area (Å²) in [5.74, 6) is 0. The predicted octanol–water partition coefficient (Wildman–Crippen LogP) is 2.06. The van der Waals surface area contributed by atoms with E-state index in [0.717, 1.165) is 11.1 Å². The zero-order valence-corrected chi connectivity index (χ0v) is 14.5. The van der Waals surface area contributed by atoms with E-state index in [4.69, 9.17) is 4.74 Å². The summed E-state index contributed by atoms with van der Waals surface area (Å²) in [7, 11) is 1.95. The molecule has 0 saturated carbocycles. The van der Waals surface area contributed by atoms with Crippen molar-refractivity contribution in [3.63, 3.8) is 0 Å². The zero-order valence-electron chi connectivity index (χ0n) is 14.5. The minimum Gasteiger partial charge on any atom is -0.388 e. The monoisotopic (exact) mass is 343 g/mol. The number of carbonyl (C=O) groups is 1. The second kappa shape index (κ2) is 8.18. The Hall–Kier alpha value is -2.31. The topological polar surface area (TPSA) is 66.7 Å². The van der Waals surface area contributed by atoms with E-state index in [1.165, 1.54) is 0 Å². The van der Waals surface area contributed by atoms with Crippen molar-refractivity contribution in [3.05, 3.63) is 59.9 Å². The summed E-state index contributed by atoms with van der Waals surface area (Å²) in [6.45, 7) is 2.00. The highest BCUT2D eigenvalue weighted by Crippen LogP contribution is 2.22. The Morgan fingerprint density at radius 2 is 2.16 bits per heavy atom. The van der Waals surface area contributed by atoms with E-state index in [1.807, 2.05) is 60.4 Å². The third kappa shape index (κ3) is 4.61. The highest BCUT2D eigenvalue weighted by Gasteiger charge is 2.29. The highest BCUT2D eigenvalue weighted by atomic mass is 16.5. The Balaban J connectivity index is 1.59. The minimum atomic E-state index is -0.614. The van der Waals surface area contributed by atoms with Crippen LogP contribution < -0.4 is 5.32 Å². The molecule has 1 aromatic carbocycles. The van der Waals surface area contributed by atoms with E-state index in [-0.39, 0.29) is 12.1 Å². The summed E-state index contributed by atoms with van der Waals surface area (Å²) in [5, 5.41) is 13.4. The number of hydrogen-bond acceptors (Lipinski definition) is 3. The van der Waals surface area contributed by atoms with Crippen LogP contribution >= 0.6 is 0 Å². The molecule has 1 aliphatic heterocycles. The number of carbonyl (C=O) groups excluding carboxylic acids is 1. The number of hydrogen-bond donors (Lipinski definition) is 2. The standard InChI is InChI=1S/C19H25N3O3/c1-21-8-7-15(13-21)12-20-19(24)22-9-10-25-14-17(22)11-18(23)16-5-3-2-4-6-16/h2-8,13,17-18,23H,9-12,14H2,1H3,(H,20,24)/t17-,18+/m0/s1. The quantitative estimate of drug-likeness (QED) is 0.873. The molecule has 2 heterocycles. The fourth-order valence-corrected chi connectivity index (χ4v) is 3.13. The smallest absolute Gasteiger partial charge is 0.318 e. The molecule has 0 aliphatic carbocycles. The number of benzene rings is 1.